The number of hydrogen-bond donors (Lipinski definition) is 3. The van der Waals surface area contributed by atoms with Crippen LogP contribution in [0.25, 0.3) is 0 Å². The van der Waals surface area contributed by atoms with E-state index in [0.29, 0.717) is 10.6 Å². The molecule has 2 rings (SSSR count). The third-order valence-electron chi connectivity index (χ3n) is 3.54. The number of esters is 1. The van der Waals surface area contributed by atoms with Crippen LogP contribution in [0.1, 0.15) is 40.6 Å². The van der Waals surface area contributed by atoms with E-state index < -0.39 is 17.8 Å². The van der Waals surface area contributed by atoms with Crippen LogP contribution in [0.4, 0.5) is 5.00 Å². The second kappa shape index (κ2) is 8.72. The smallest absolute Gasteiger partial charge is 0.330 e. The van der Waals surface area contributed by atoms with Gasteiger partial charge in [0.2, 0.25) is 5.91 Å². The number of hydrogen-bond acceptors (Lipinski definition) is 6. The second-order valence-corrected chi connectivity index (χ2v) is 6.82. The molecule has 0 fully saturated rings. The summed E-state index contributed by atoms with van der Waals surface area (Å²) in [5, 5.41) is 5.84. The van der Waals surface area contributed by atoms with E-state index in [9.17, 15) is 14.4 Å². The maximum absolute atomic E-state index is 11.8. The molecule has 1 aromatic rings. The summed E-state index contributed by atoms with van der Waals surface area (Å²) in [5.74, 6) is -1.70. The van der Waals surface area contributed by atoms with Crippen LogP contribution in [-0.4, -0.2) is 29.5 Å². The minimum absolute atomic E-state index is 0.0274. The Morgan fingerprint density at radius 2 is 2.00 bits per heavy atom. The fraction of sp³-hybridized carbons (Fsp3) is 0.375. The fourth-order valence-electron chi connectivity index (χ4n) is 2.54. The van der Waals surface area contributed by atoms with Crippen molar-refractivity contribution in [2.24, 2.45) is 5.73 Å². The minimum Gasteiger partial charge on any atom is -0.463 e. The van der Waals surface area contributed by atoms with E-state index >= 15 is 0 Å². The Labute approximate surface area is 154 Å². The maximum Gasteiger partial charge on any atom is 0.330 e. The lowest BCUT2D eigenvalue weighted by molar-refractivity contribution is -0.137. The van der Waals surface area contributed by atoms with Gasteiger partial charge in [-0.1, -0.05) is 0 Å². The molecule has 4 N–H and O–H groups in total. The zero-order chi connectivity index (χ0) is 18.4. The molecule has 25 heavy (non-hydrogen) atoms. The van der Waals surface area contributed by atoms with Crippen molar-refractivity contribution < 1.29 is 19.1 Å². The summed E-state index contributed by atoms with van der Waals surface area (Å²) in [7, 11) is 0. The molecule has 0 atom stereocenters. The van der Waals surface area contributed by atoms with Gasteiger partial charge >= 0.3 is 5.97 Å². The highest BCUT2D eigenvalue weighted by molar-refractivity contribution is 7.80. The lowest BCUT2D eigenvalue weighted by atomic mass is 9.95. The lowest BCUT2D eigenvalue weighted by Gasteiger charge is -2.11. The van der Waals surface area contributed by atoms with Crippen LogP contribution < -0.4 is 16.4 Å². The molecule has 0 saturated heterocycles. The number of nitrogens with two attached hydrogens (primary N) is 1. The molecule has 1 aliphatic carbocycles. The summed E-state index contributed by atoms with van der Waals surface area (Å²) in [6.45, 7) is 1.89. The first kappa shape index (κ1) is 19.1. The first-order valence-electron chi connectivity index (χ1n) is 7.83. The van der Waals surface area contributed by atoms with E-state index in [1.165, 1.54) is 11.3 Å². The summed E-state index contributed by atoms with van der Waals surface area (Å²) >= 11 is 6.52. The van der Waals surface area contributed by atoms with E-state index in [1.54, 1.807) is 6.92 Å². The number of fused-ring (bicyclic) bond motifs is 1. The van der Waals surface area contributed by atoms with Crippen LogP contribution in [0.3, 0.4) is 0 Å². The Kier molecular flexibility index (Phi) is 6.65. The summed E-state index contributed by atoms with van der Waals surface area (Å²) in [4.78, 5) is 35.8. The largest absolute Gasteiger partial charge is 0.463 e. The van der Waals surface area contributed by atoms with Crippen molar-refractivity contribution in [2.45, 2.75) is 32.6 Å². The third kappa shape index (κ3) is 5.10. The van der Waals surface area contributed by atoms with E-state index in [4.69, 9.17) is 18.0 Å². The minimum atomic E-state index is -0.613. The monoisotopic (exact) mass is 381 g/mol. The van der Waals surface area contributed by atoms with Gasteiger partial charge in [0.25, 0.3) is 5.91 Å². The zero-order valence-electron chi connectivity index (χ0n) is 13.7. The number of rotatable bonds is 5. The molecule has 0 aromatic carbocycles. The molecule has 9 heteroatoms. The van der Waals surface area contributed by atoms with Gasteiger partial charge in [0, 0.05) is 17.0 Å². The molecule has 0 radical (unpaired) electrons. The Morgan fingerprint density at radius 1 is 1.28 bits per heavy atom. The highest BCUT2D eigenvalue weighted by atomic mass is 32.1. The summed E-state index contributed by atoms with van der Waals surface area (Å²) in [6, 6.07) is 0. The molecule has 134 valence electrons. The summed E-state index contributed by atoms with van der Waals surface area (Å²) in [6.07, 6.45) is 5.85. The highest BCUT2D eigenvalue weighted by Gasteiger charge is 2.24. The quantitative estimate of drug-likeness (QED) is 0.406. The van der Waals surface area contributed by atoms with E-state index in [2.05, 4.69) is 15.4 Å². The van der Waals surface area contributed by atoms with Gasteiger partial charge in [-0.15, -0.1) is 11.3 Å². The van der Waals surface area contributed by atoms with E-state index in [0.717, 1.165) is 48.3 Å². The molecule has 1 aromatic heterocycles. The Bertz CT molecular complexity index is 740. The van der Waals surface area contributed by atoms with Crippen LogP contribution in [0.5, 0.6) is 0 Å². The number of amides is 2. The maximum atomic E-state index is 11.8. The Hall–Kier alpha value is -2.26. The van der Waals surface area contributed by atoms with Crippen molar-refractivity contribution in [3.63, 3.8) is 0 Å². The van der Waals surface area contributed by atoms with Crippen molar-refractivity contribution in [1.82, 2.24) is 5.32 Å². The average molecular weight is 381 g/mol. The number of thiocarbonyl (C=S) groups is 1. The van der Waals surface area contributed by atoms with Gasteiger partial charge in [-0.2, -0.15) is 0 Å². The van der Waals surface area contributed by atoms with Gasteiger partial charge in [0.1, 0.15) is 5.00 Å². The molecule has 7 nitrogen and oxygen atoms in total. The van der Waals surface area contributed by atoms with Gasteiger partial charge in [-0.05, 0) is 50.4 Å². The molecule has 0 spiro atoms. The van der Waals surface area contributed by atoms with Crippen molar-refractivity contribution in [3.05, 3.63) is 28.2 Å². The number of ether oxygens (including phenoxy) is 1. The second-order valence-electron chi connectivity index (χ2n) is 5.31. The van der Waals surface area contributed by atoms with Crippen LogP contribution in [0.2, 0.25) is 0 Å². The first-order chi connectivity index (χ1) is 11.9. The van der Waals surface area contributed by atoms with Crippen molar-refractivity contribution in [2.75, 3.05) is 11.9 Å². The van der Waals surface area contributed by atoms with Gasteiger partial charge in [-0.3, -0.25) is 14.9 Å². The topological polar surface area (TPSA) is 111 Å². The van der Waals surface area contributed by atoms with Crippen LogP contribution >= 0.6 is 23.6 Å². The van der Waals surface area contributed by atoms with E-state index in [-0.39, 0.29) is 11.7 Å². The van der Waals surface area contributed by atoms with Crippen molar-refractivity contribution in [3.8, 4) is 0 Å². The average Bonchev–Trinajstić information content (AvgIpc) is 2.90. The molecular weight excluding hydrogens is 362 g/mol. The molecule has 0 saturated carbocycles. The fourth-order valence-corrected chi connectivity index (χ4v) is 4.10. The number of carbonyl (C=O) groups is 3. The normalized spacial score (nSPS) is 13.2. The number of thiophene rings is 1. The van der Waals surface area contributed by atoms with Gasteiger partial charge in [-0.25, -0.2) is 4.79 Å². The number of carbonyl (C=O) groups excluding carboxylic acids is 3. The molecule has 2 amide bonds. The predicted octanol–water partition coefficient (Wildman–Crippen LogP) is 1.66. The van der Waals surface area contributed by atoms with Crippen LogP contribution in [0, 0.1) is 0 Å². The number of anilines is 1. The number of primary amides is 1. The number of nitrogens with one attached hydrogen (secondary N) is 2. The zero-order valence-corrected chi connectivity index (χ0v) is 15.4. The highest BCUT2D eigenvalue weighted by Crippen LogP contribution is 2.37. The first-order valence-corrected chi connectivity index (χ1v) is 9.06. The van der Waals surface area contributed by atoms with E-state index in [1.807, 2.05) is 0 Å². The van der Waals surface area contributed by atoms with Crippen molar-refractivity contribution in [1.29, 1.82) is 0 Å². The third-order valence-corrected chi connectivity index (χ3v) is 4.95. The van der Waals surface area contributed by atoms with Crippen LogP contribution in [-0.2, 0) is 27.2 Å². The summed E-state index contributed by atoms with van der Waals surface area (Å²) in [5.41, 5.74) is 6.92. The molecular formula is C16H19N3O4S2. The van der Waals surface area contributed by atoms with Gasteiger partial charge in [0.15, 0.2) is 5.11 Å². The summed E-state index contributed by atoms with van der Waals surface area (Å²) < 4.78 is 4.68. The van der Waals surface area contributed by atoms with Crippen molar-refractivity contribution >= 4 is 51.5 Å². The molecule has 0 aliphatic heterocycles. The van der Waals surface area contributed by atoms with Gasteiger partial charge < -0.3 is 15.8 Å². The predicted molar refractivity (Wildman–Crippen MR) is 99.6 cm³/mol. The standard InChI is InChI=1S/C16H19N3O4S2/c1-2-23-12(21)8-7-11(20)18-16(24)19-15-13(14(17)22)9-5-3-4-6-10(9)25-15/h7-8H,2-6H2,1H3,(H2,17,22)(H2,18,19,20,24)/b8-7+. The molecule has 0 unspecified atom stereocenters. The Morgan fingerprint density at radius 3 is 2.68 bits per heavy atom. The SMILES string of the molecule is CCOC(=O)/C=C/C(=O)NC(=S)Nc1sc2c(c1C(N)=O)CCCC2. The molecule has 1 heterocycles. The number of aryl methyl sites for hydroxylation is 1. The van der Waals surface area contributed by atoms with Gasteiger partial charge in [0.05, 0.1) is 12.2 Å². The molecule has 1 aliphatic rings. The Balaban J connectivity index is 2.03. The lowest BCUT2D eigenvalue weighted by Crippen LogP contribution is -2.33. The molecule has 0 bridgehead atoms. The van der Waals surface area contributed by atoms with Crippen LogP contribution in [0.15, 0.2) is 12.2 Å².